The van der Waals surface area contributed by atoms with Crippen molar-refractivity contribution in [3.63, 3.8) is 0 Å². The van der Waals surface area contributed by atoms with Crippen molar-refractivity contribution < 1.29 is 4.79 Å². The highest BCUT2D eigenvalue weighted by Crippen LogP contribution is 2.32. The molecule has 1 rings (SSSR count). The van der Waals surface area contributed by atoms with Crippen molar-refractivity contribution >= 4 is 5.91 Å². The van der Waals surface area contributed by atoms with E-state index in [1.54, 1.807) is 0 Å². The summed E-state index contributed by atoms with van der Waals surface area (Å²) in [6.45, 7) is 8.02. The van der Waals surface area contributed by atoms with E-state index in [-0.39, 0.29) is 17.4 Å². The lowest BCUT2D eigenvalue weighted by molar-refractivity contribution is -0.125. The molecule has 0 spiro atoms. The fraction of sp³-hybridized carbons (Fsp3) is 0.909. The predicted octanol–water partition coefficient (Wildman–Crippen LogP) is 1.27. The Bertz CT molecular complexity index is 216. The molecule has 82 valence electrons. The van der Waals surface area contributed by atoms with Crippen LogP contribution in [0.1, 0.15) is 40.5 Å². The molecule has 1 aliphatic carbocycles. The minimum atomic E-state index is -0.413. The molecule has 1 unspecified atom stereocenters. The first kappa shape index (κ1) is 11.5. The Morgan fingerprint density at radius 1 is 1.43 bits per heavy atom. The summed E-state index contributed by atoms with van der Waals surface area (Å²) in [5, 5.41) is 2.98. The lowest BCUT2D eigenvalue weighted by Crippen LogP contribution is -2.51. The second-order valence-corrected chi connectivity index (χ2v) is 5.48. The summed E-state index contributed by atoms with van der Waals surface area (Å²) in [5.74, 6) is 0.669. The molecular weight excluding hydrogens is 176 g/mol. The third-order valence-electron chi connectivity index (χ3n) is 2.91. The molecule has 0 heterocycles. The maximum Gasteiger partial charge on any atom is 0.237 e. The third kappa shape index (κ3) is 2.98. The molecule has 3 N–H and O–H groups in total. The van der Waals surface area contributed by atoms with Crippen LogP contribution >= 0.6 is 0 Å². The van der Waals surface area contributed by atoms with Gasteiger partial charge in [-0.3, -0.25) is 4.79 Å². The van der Waals surface area contributed by atoms with E-state index in [0.29, 0.717) is 5.92 Å². The maximum atomic E-state index is 11.7. The second-order valence-electron chi connectivity index (χ2n) is 5.48. The van der Waals surface area contributed by atoms with Gasteiger partial charge in [-0.1, -0.05) is 20.8 Å². The van der Waals surface area contributed by atoms with E-state index in [1.165, 1.54) is 12.8 Å². The van der Waals surface area contributed by atoms with Crippen LogP contribution in [0.2, 0.25) is 0 Å². The first-order valence-corrected chi connectivity index (χ1v) is 5.38. The van der Waals surface area contributed by atoms with Crippen LogP contribution in [0.15, 0.2) is 0 Å². The summed E-state index contributed by atoms with van der Waals surface area (Å²) in [7, 11) is 0. The fourth-order valence-electron chi connectivity index (χ4n) is 1.42. The number of amides is 1. The van der Waals surface area contributed by atoms with Gasteiger partial charge >= 0.3 is 0 Å². The van der Waals surface area contributed by atoms with E-state index >= 15 is 0 Å². The van der Waals surface area contributed by atoms with Crippen molar-refractivity contribution in [2.24, 2.45) is 17.1 Å². The van der Waals surface area contributed by atoms with Crippen LogP contribution in [0.25, 0.3) is 0 Å². The van der Waals surface area contributed by atoms with Gasteiger partial charge in [-0.05, 0) is 31.1 Å². The van der Waals surface area contributed by atoms with Gasteiger partial charge in [-0.15, -0.1) is 0 Å². The fourth-order valence-corrected chi connectivity index (χ4v) is 1.42. The van der Waals surface area contributed by atoms with Gasteiger partial charge in [0.15, 0.2) is 0 Å². The average molecular weight is 198 g/mol. The molecule has 3 heteroatoms. The van der Waals surface area contributed by atoms with Gasteiger partial charge in [-0.25, -0.2) is 0 Å². The number of rotatable bonds is 3. The summed E-state index contributed by atoms with van der Waals surface area (Å²) < 4.78 is 0. The zero-order chi connectivity index (χ0) is 10.9. The van der Waals surface area contributed by atoms with Crippen molar-refractivity contribution in [3.05, 3.63) is 0 Å². The van der Waals surface area contributed by atoms with Crippen LogP contribution < -0.4 is 11.1 Å². The van der Waals surface area contributed by atoms with Crippen LogP contribution in [-0.2, 0) is 4.79 Å². The Hall–Kier alpha value is -0.570. The third-order valence-corrected chi connectivity index (χ3v) is 2.91. The van der Waals surface area contributed by atoms with Crippen molar-refractivity contribution in [2.75, 3.05) is 0 Å². The normalized spacial score (nSPS) is 21.5. The number of nitrogens with two attached hydrogens (primary N) is 1. The topological polar surface area (TPSA) is 55.1 Å². The van der Waals surface area contributed by atoms with Crippen molar-refractivity contribution in [3.8, 4) is 0 Å². The highest BCUT2D eigenvalue weighted by atomic mass is 16.2. The van der Waals surface area contributed by atoms with Crippen LogP contribution in [0.5, 0.6) is 0 Å². The molecular formula is C11H22N2O. The van der Waals surface area contributed by atoms with E-state index in [2.05, 4.69) is 12.2 Å². The summed E-state index contributed by atoms with van der Waals surface area (Å²) >= 11 is 0. The average Bonchev–Trinajstić information content (AvgIpc) is 2.82. The molecule has 0 saturated heterocycles. The van der Waals surface area contributed by atoms with Crippen molar-refractivity contribution in [1.82, 2.24) is 5.32 Å². The smallest absolute Gasteiger partial charge is 0.237 e. The lowest BCUT2D eigenvalue weighted by atomic mass is 9.87. The van der Waals surface area contributed by atoms with Gasteiger partial charge in [0.25, 0.3) is 0 Å². The first-order chi connectivity index (χ1) is 6.32. The Kier molecular flexibility index (Phi) is 3.20. The molecule has 0 aromatic heterocycles. The van der Waals surface area contributed by atoms with Crippen LogP contribution in [0.4, 0.5) is 0 Å². The Morgan fingerprint density at radius 2 is 1.93 bits per heavy atom. The molecule has 1 amide bonds. The zero-order valence-electron chi connectivity index (χ0n) is 9.63. The summed E-state index contributed by atoms with van der Waals surface area (Å²) in [5.41, 5.74) is 5.69. The highest BCUT2D eigenvalue weighted by Gasteiger charge is 2.32. The largest absolute Gasteiger partial charge is 0.352 e. The van der Waals surface area contributed by atoms with Gasteiger partial charge in [0.05, 0.1) is 6.04 Å². The van der Waals surface area contributed by atoms with Gasteiger partial charge in [0, 0.05) is 6.04 Å². The maximum absolute atomic E-state index is 11.7. The van der Waals surface area contributed by atoms with E-state index in [1.807, 2.05) is 20.8 Å². The van der Waals surface area contributed by atoms with Gasteiger partial charge in [-0.2, -0.15) is 0 Å². The van der Waals surface area contributed by atoms with Gasteiger partial charge < -0.3 is 11.1 Å². The minimum Gasteiger partial charge on any atom is -0.352 e. The SMILES string of the molecule is CC(NC(=O)[C@H](N)C(C)(C)C)C1CC1. The summed E-state index contributed by atoms with van der Waals surface area (Å²) in [4.78, 5) is 11.7. The molecule has 14 heavy (non-hydrogen) atoms. The Labute approximate surface area is 86.4 Å². The standard InChI is InChI=1S/C11H22N2O/c1-7(8-5-6-8)13-10(14)9(12)11(2,3)4/h7-9H,5-6,12H2,1-4H3,(H,13,14)/t7?,9-/m0/s1. The highest BCUT2D eigenvalue weighted by molar-refractivity contribution is 5.82. The van der Waals surface area contributed by atoms with Gasteiger partial charge in [0.2, 0.25) is 5.91 Å². The molecule has 3 nitrogen and oxygen atoms in total. The number of hydrogen-bond donors (Lipinski definition) is 2. The molecule has 0 aromatic carbocycles. The Morgan fingerprint density at radius 3 is 2.29 bits per heavy atom. The number of hydrogen-bond acceptors (Lipinski definition) is 2. The van der Waals surface area contributed by atoms with E-state index in [4.69, 9.17) is 5.73 Å². The zero-order valence-corrected chi connectivity index (χ0v) is 9.63. The van der Waals surface area contributed by atoms with Crippen molar-refractivity contribution in [2.45, 2.75) is 52.6 Å². The number of carbonyl (C=O) groups is 1. The Balaban J connectivity index is 2.40. The lowest BCUT2D eigenvalue weighted by Gasteiger charge is -2.27. The van der Waals surface area contributed by atoms with E-state index in [9.17, 15) is 4.79 Å². The first-order valence-electron chi connectivity index (χ1n) is 5.38. The minimum absolute atomic E-state index is 0.0168. The number of carbonyl (C=O) groups excluding carboxylic acids is 1. The predicted molar refractivity (Wildman–Crippen MR) is 57.8 cm³/mol. The quantitative estimate of drug-likeness (QED) is 0.717. The monoisotopic (exact) mass is 198 g/mol. The van der Waals surface area contributed by atoms with Crippen LogP contribution in [0.3, 0.4) is 0 Å². The van der Waals surface area contributed by atoms with Crippen molar-refractivity contribution in [1.29, 1.82) is 0 Å². The van der Waals surface area contributed by atoms with Gasteiger partial charge in [0.1, 0.15) is 0 Å². The molecule has 1 saturated carbocycles. The molecule has 2 atom stereocenters. The molecule has 0 aliphatic heterocycles. The molecule has 0 aromatic rings. The molecule has 1 fully saturated rings. The summed E-state index contributed by atoms with van der Waals surface area (Å²) in [6.07, 6.45) is 2.48. The van der Waals surface area contributed by atoms with E-state index in [0.717, 1.165) is 0 Å². The van der Waals surface area contributed by atoms with E-state index < -0.39 is 6.04 Å². The second kappa shape index (κ2) is 3.89. The molecule has 1 aliphatic rings. The summed E-state index contributed by atoms with van der Waals surface area (Å²) in [6, 6.07) is -0.125. The number of nitrogens with one attached hydrogen (secondary N) is 1. The molecule has 0 radical (unpaired) electrons. The van der Waals surface area contributed by atoms with Crippen LogP contribution in [-0.4, -0.2) is 18.0 Å². The van der Waals surface area contributed by atoms with Crippen LogP contribution in [0, 0.1) is 11.3 Å². The molecule has 0 bridgehead atoms.